The van der Waals surface area contributed by atoms with E-state index in [0.29, 0.717) is 18.9 Å². The van der Waals surface area contributed by atoms with Crippen molar-refractivity contribution in [2.75, 3.05) is 20.1 Å². The highest BCUT2D eigenvalue weighted by atomic mass is 32.1. The largest absolute Gasteiger partial charge is 0.345 e. The Morgan fingerprint density at radius 3 is 2.83 bits per heavy atom. The molecule has 1 heterocycles. The maximum atomic E-state index is 11.9. The van der Waals surface area contributed by atoms with E-state index in [-0.39, 0.29) is 5.91 Å². The van der Waals surface area contributed by atoms with E-state index in [9.17, 15) is 4.79 Å². The van der Waals surface area contributed by atoms with Crippen molar-refractivity contribution in [1.29, 1.82) is 0 Å². The van der Waals surface area contributed by atoms with E-state index in [1.807, 2.05) is 7.05 Å². The van der Waals surface area contributed by atoms with Gasteiger partial charge in [-0.1, -0.05) is 6.92 Å². The number of carbonyl (C=O) groups excluding carboxylic acids is 1. The maximum Gasteiger partial charge on any atom is 0.222 e. The van der Waals surface area contributed by atoms with Crippen molar-refractivity contribution in [3.63, 3.8) is 0 Å². The van der Waals surface area contributed by atoms with Gasteiger partial charge >= 0.3 is 0 Å². The monoisotopic (exact) mass is 268 g/mol. The van der Waals surface area contributed by atoms with Crippen LogP contribution in [0.2, 0.25) is 0 Å². The number of amides is 1. The summed E-state index contributed by atoms with van der Waals surface area (Å²) >= 11 is 1.78. The molecular weight excluding hydrogens is 244 g/mol. The average molecular weight is 268 g/mol. The summed E-state index contributed by atoms with van der Waals surface area (Å²) in [5, 5.41) is 2.11. The van der Waals surface area contributed by atoms with Crippen LogP contribution in [-0.2, 0) is 11.2 Å². The summed E-state index contributed by atoms with van der Waals surface area (Å²) in [5.41, 5.74) is 6.91. The lowest BCUT2D eigenvalue weighted by atomic mass is 10.1. The molecule has 102 valence electrons. The predicted octanol–water partition coefficient (Wildman–Crippen LogP) is 2.43. The van der Waals surface area contributed by atoms with Crippen LogP contribution in [0.15, 0.2) is 11.4 Å². The van der Waals surface area contributed by atoms with Gasteiger partial charge in [0.2, 0.25) is 5.91 Å². The van der Waals surface area contributed by atoms with Crippen molar-refractivity contribution >= 4 is 17.2 Å². The van der Waals surface area contributed by atoms with Gasteiger partial charge in [-0.25, -0.2) is 0 Å². The van der Waals surface area contributed by atoms with Crippen molar-refractivity contribution in [1.82, 2.24) is 4.90 Å². The predicted molar refractivity (Wildman–Crippen MR) is 77.8 cm³/mol. The Hall–Kier alpha value is -0.870. The lowest BCUT2D eigenvalue weighted by molar-refractivity contribution is -0.130. The van der Waals surface area contributed by atoms with E-state index in [2.05, 4.69) is 25.3 Å². The molecule has 1 unspecified atom stereocenters. The molecule has 0 spiro atoms. The van der Waals surface area contributed by atoms with E-state index >= 15 is 0 Å². The third-order valence-corrected chi connectivity index (χ3v) is 4.26. The van der Waals surface area contributed by atoms with Gasteiger partial charge in [0.25, 0.3) is 0 Å². The van der Waals surface area contributed by atoms with E-state index in [1.165, 1.54) is 10.4 Å². The first-order valence-corrected chi connectivity index (χ1v) is 7.39. The van der Waals surface area contributed by atoms with Gasteiger partial charge in [0, 0.05) is 24.9 Å². The summed E-state index contributed by atoms with van der Waals surface area (Å²) in [7, 11) is 1.87. The van der Waals surface area contributed by atoms with Crippen LogP contribution in [0, 0.1) is 12.8 Å². The number of nitrogens with zero attached hydrogens (tertiary/aromatic N) is 1. The van der Waals surface area contributed by atoms with Crippen molar-refractivity contribution in [2.45, 2.75) is 33.1 Å². The molecule has 0 aromatic carbocycles. The summed E-state index contributed by atoms with van der Waals surface area (Å²) in [4.78, 5) is 15.1. The van der Waals surface area contributed by atoms with Crippen LogP contribution < -0.4 is 5.73 Å². The van der Waals surface area contributed by atoms with Gasteiger partial charge in [-0.15, -0.1) is 11.3 Å². The molecule has 1 atom stereocenters. The number of thiophene rings is 1. The minimum atomic E-state index is 0.226. The third kappa shape index (κ3) is 4.78. The molecule has 4 heteroatoms. The molecule has 0 fully saturated rings. The average Bonchev–Trinajstić information content (AvgIpc) is 2.74. The number of hydrogen-bond acceptors (Lipinski definition) is 3. The van der Waals surface area contributed by atoms with Gasteiger partial charge < -0.3 is 10.6 Å². The molecule has 1 aromatic heterocycles. The van der Waals surface area contributed by atoms with Gasteiger partial charge in [-0.05, 0) is 49.2 Å². The SMILES string of the molecule is Cc1ccsc1CCCC(=O)N(C)CC(C)CN. The summed E-state index contributed by atoms with van der Waals surface area (Å²) in [6, 6.07) is 2.14. The molecule has 0 aliphatic rings. The standard InChI is InChI=1S/C14H24N2OS/c1-11(9-15)10-16(3)14(17)6-4-5-13-12(2)7-8-18-13/h7-8,11H,4-6,9-10,15H2,1-3H3. The second kappa shape index (κ2) is 7.54. The van der Waals surface area contributed by atoms with Crippen molar-refractivity contribution in [2.24, 2.45) is 11.7 Å². The van der Waals surface area contributed by atoms with Gasteiger partial charge in [-0.3, -0.25) is 4.79 Å². The Bertz CT molecular complexity index is 376. The maximum absolute atomic E-state index is 11.9. The van der Waals surface area contributed by atoms with Crippen LogP contribution in [-0.4, -0.2) is 30.9 Å². The Morgan fingerprint density at radius 1 is 1.56 bits per heavy atom. The molecule has 2 N–H and O–H groups in total. The molecule has 1 rings (SSSR count). The Morgan fingerprint density at radius 2 is 2.28 bits per heavy atom. The van der Waals surface area contributed by atoms with Crippen LogP contribution in [0.3, 0.4) is 0 Å². The second-order valence-corrected chi connectivity index (χ2v) is 6.00. The number of carbonyl (C=O) groups is 1. The van der Waals surface area contributed by atoms with E-state index < -0.39 is 0 Å². The van der Waals surface area contributed by atoms with Crippen LogP contribution in [0.25, 0.3) is 0 Å². The zero-order chi connectivity index (χ0) is 13.5. The summed E-state index contributed by atoms with van der Waals surface area (Å²) in [6.45, 7) is 5.58. The molecule has 1 aromatic rings. The van der Waals surface area contributed by atoms with Crippen molar-refractivity contribution in [3.8, 4) is 0 Å². The molecule has 0 aliphatic heterocycles. The van der Waals surface area contributed by atoms with Crippen molar-refractivity contribution in [3.05, 3.63) is 21.9 Å². The van der Waals surface area contributed by atoms with Gasteiger partial charge in [0.15, 0.2) is 0 Å². The van der Waals surface area contributed by atoms with E-state index in [0.717, 1.165) is 19.4 Å². The summed E-state index contributed by atoms with van der Waals surface area (Å²) in [6.07, 6.45) is 2.57. The molecule has 0 aliphatic carbocycles. The number of rotatable bonds is 7. The smallest absolute Gasteiger partial charge is 0.222 e. The molecule has 0 bridgehead atoms. The highest BCUT2D eigenvalue weighted by Crippen LogP contribution is 2.18. The van der Waals surface area contributed by atoms with Gasteiger partial charge in [0.05, 0.1) is 0 Å². The Labute approximate surface area is 114 Å². The first-order chi connectivity index (χ1) is 8.54. The highest BCUT2D eigenvalue weighted by molar-refractivity contribution is 7.10. The van der Waals surface area contributed by atoms with Gasteiger partial charge in [-0.2, -0.15) is 0 Å². The fraction of sp³-hybridized carbons (Fsp3) is 0.643. The highest BCUT2D eigenvalue weighted by Gasteiger charge is 2.11. The van der Waals surface area contributed by atoms with Crippen LogP contribution in [0.5, 0.6) is 0 Å². The first kappa shape index (κ1) is 15.2. The molecule has 0 saturated carbocycles. The summed E-state index contributed by atoms with van der Waals surface area (Å²) < 4.78 is 0. The lowest BCUT2D eigenvalue weighted by Gasteiger charge is -2.20. The number of aryl methyl sites for hydroxylation is 2. The molecule has 0 saturated heterocycles. The fourth-order valence-electron chi connectivity index (χ4n) is 1.90. The number of nitrogens with two attached hydrogens (primary N) is 1. The fourth-order valence-corrected chi connectivity index (χ4v) is 2.85. The Balaban J connectivity index is 2.26. The van der Waals surface area contributed by atoms with E-state index in [1.54, 1.807) is 16.2 Å². The first-order valence-electron chi connectivity index (χ1n) is 6.51. The minimum absolute atomic E-state index is 0.226. The topological polar surface area (TPSA) is 46.3 Å². The molecular formula is C14H24N2OS. The zero-order valence-corrected chi connectivity index (χ0v) is 12.4. The van der Waals surface area contributed by atoms with E-state index in [4.69, 9.17) is 5.73 Å². The van der Waals surface area contributed by atoms with Crippen LogP contribution in [0.1, 0.15) is 30.2 Å². The molecule has 18 heavy (non-hydrogen) atoms. The number of hydrogen-bond donors (Lipinski definition) is 1. The molecule has 3 nitrogen and oxygen atoms in total. The summed E-state index contributed by atoms with van der Waals surface area (Å²) in [5.74, 6) is 0.600. The van der Waals surface area contributed by atoms with Crippen LogP contribution >= 0.6 is 11.3 Å². The van der Waals surface area contributed by atoms with Crippen LogP contribution in [0.4, 0.5) is 0 Å². The molecule has 0 radical (unpaired) electrons. The third-order valence-electron chi connectivity index (χ3n) is 3.18. The minimum Gasteiger partial charge on any atom is -0.345 e. The van der Waals surface area contributed by atoms with Gasteiger partial charge in [0.1, 0.15) is 0 Å². The zero-order valence-electron chi connectivity index (χ0n) is 11.6. The quantitative estimate of drug-likeness (QED) is 0.825. The lowest BCUT2D eigenvalue weighted by Crippen LogP contribution is -2.33. The molecule has 1 amide bonds. The van der Waals surface area contributed by atoms with Crippen molar-refractivity contribution < 1.29 is 4.79 Å². The second-order valence-electron chi connectivity index (χ2n) is 5.00. The Kier molecular flexibility index (Phi) is 6.36. The normalized spacial score (nSPS) is 12.4.